The number of halogens is 2. The van der Waals surface area contributed by atoms with Crippen LogP contribution in [-0.4, -0.2) is 56.2 Å². The summed E-state index contributed by atoms with van der Waals surface area (Å²) in [4.78, 5) is 30.0. The van der Waals surface area contributed by atoms with E-state index in [1.165, 1.54) is 0 Å². The fourth-order valence-corrected chi connectivity index (χ4v) is 4.77. The van der Waals surface area contributed by atoms with E-state index >= 15 is 0 Å². The summed E-state index contributed by atoms with van der Waals surface area (Å²) in [5.41, 5.74) is 9.70. The summed E-state index contributed by atoms with van der Waals surface area (Å²) in [5.74, 6) is -0.538. The van der Waals surface area contributed by atoms with Crippen LogP contribution < -0.4 is 16.0 Å². The molecule has 1 saturated heterocycles. The quantitative estimate of drug-likeness (QED) is 0.376. The number of nitrogens with zero attached hydrogens (tertiary/aromatic N) is 2. The van der Waals surface area contributed by atoms with E-state index < -0.39 is 5.91 Å². The van der Waals surface area contributed by atoms with E-state index in [-0.39, 0.29) is 6.03 Å². The Morgan fingerprint density at radius 1 is 0.973 bits per heavy atom. The van der Waals surface area contributed by atoms with Crippen molar-refractivity contribution in [3.05, 3.63) is 81.8 Å². The van der Waals surface area contributed by atoms with Gasteiger partial charge in [0, 0.05) is 53.2 Å². The van der Waals surface area contributed by atoms with Crippen molar-refractivity contribution < 1.29 is 14.3 Å². The van der Waals surface area contributed by atoms with Crippen LogP contribution in [0.1, 0.15) is 22.3 Å². The van der Waals surface area contributed by atoms with Crippen LogP contribution in [0.5, 0.6) is 0 Å². The Labute approximate surface area is 227 Å². The minimum absolute atomic E-state index is 0.277. The van der Waals surface area contributed by atoms with Crippen LogP contribution in [0.2, 0.25) is 10.0 Å². The van der Waals surface area contributed by atoms with Gasteiger partial charge < -0.3 is 15.8 Å². The number of urea groups is 1. The first-order valence-corrected chi connectivity index (χ1v) is 12.9. The van der Waals surface area contributed by atoms with Crippen LogP contribution in [0.25, 0.3) is 11.1 Å². The molecule has 0 aliphatic carbocycles. The number of primary amides is 1. The predicted octanol–water partition coefficient (Wildman–Crippen LogP) is 5.83. The van der Waals surface area contributed by atoms with E-state index in [0.717, 1.165) is 50.4 Å². The van der Waals surface area contributed by atoms with Crippen LogP contribution >= 0.6 is 23.2 Å². The molecule has 0 radical (unpaired) electrons. The third-order valence-electron chi connectivity index (χ3n) is 6.43. The molecular weight excluding hydrogens is 511 g/mol. The first-order valence-electron chi connectivity index (χ1n) is 12.2. The lowest BCUT2D eigenvalue weighted by molar-refractivity contribution is 0.0377. The molecule has 0 aromatic heterocycles. The second kappa shape index (κ2) is 12.4. The average Bonchev–Trinajstić information content (AvgIpc) is 2.89. The second-order valence-electron chi connectivity index (χ2n) is 8.90. The van der Waals surface area contributed by atoms with Crippen molar-refractivity contribution in [1.82, 2.24) is 4.90 Å². The van der Waals surface area contributed by atoms with Gasteiger partial charge in [-0.3, -0.25) is 14.6 Å². The molecule has 0 atom stereocenters. The van der Waals surface area contributed by atoms with Gasteiger partial charge in [0.15, 0.2) is 0 Å². The zero-order chi connectivity index (χ0) is 26.4. The van der Waals surface area contributed by atoms with Gasteiger partial charge in [-0.25, -0.2) is 4.79 Å². The molecule has 37 heavy (non-hydrogen) atoms. The SMILES string of the molecule is Cc1c(N(CCCN2CCOCC2)C(=O)Nc2ccc(Cl)cc2)ccc(C(N)=O)c1-c1ccc(Cl)cc1. The minimum atomic E-state index is -0.538. The Hall–Kier alpha value is -3.10. The number of benzene rings is 3. The van der Waals surface area contributed by atoms with E-state index in [1.54, 1.807) is 53.4 Å². The van der Waals surface area contributed by atoms with Gasteiger partial charge in [-0.2, -0.15) is 0 Å². The normalized spacial score (nSPS) is 13.8. The van der Waals surface area contributed by atoms with E-state index in [2.05, 4.69) is 10.2 Å². The molecule has 0 saturated carbocycles. The maximum Gasteiger partial charge on any atom is 0.326 e. The largest absolute Gasteiger partial charge is 0.379 e. The van der Waals surface area contributed by atoms with Gasteiger partial charge in [0.2, 0.25) is 5.91 Å². The van der Waals surface area contributed by atoms with Gasteiger partial charge in [0.25, 0.3) is 0 Å². The highest BCUT2D eigenvalue weighted by atomic mass is 35.5. The molecule has 3 amide bonds. The number of amides is 3. The predicted molar refractivity (Wildman–Crippen MR) is 150 cm³/mol. The fraction of sp³-hybridized carbons (Fsp3) is 0.286. The Kier molecular flexibility index (Phi) is 9.05. The standard InChI is InChI=1S/C28H30Cl2N4O3/c1-19-25(12-11-24(27(31)35)26(19)20-3-5-21(29)6-4-20)34(14-2-13-33-15-17-37-18-16-33)28(36)32-23-9-7-22(30)8-10-23/h3-12H,2,13-18H2,1H3,(H2,31,35)(H,32,36). The molecule has 0 spiro atoms. The van der Waals surface area contributed by atoms with E-state index in [0.29, 0.717) is 39.1 Å². The molecule has 1 aliphatic heterocycles. The van der Waals surface area contributed by atoms with Gasteiger partial charge in [-0.1, -0.05) is 35.3 Å². The fourth-order valence-electron chi connectivity index (χ4n) is 4.52. The number of rotatable bonds is 8. The average molecular weight is 541 g/mol. The van der Waals surface area contributed by atoms with Crippen LogP contribution in [0.4, 0.5) is 16.2 Å². The lowest BCUT2D eigenvalue weighted by Gasteiger charge is -2.30. The third kappa shape index (κ3) is 6.81. The zero-order valence-corrected chi connectivity index (χ0v) is 22.2. The van der Waals surface area contributed by atoms with Crippen LogP contribution in [0.3, 0.4) is 0 Å². The number of nitrogens with one attached hydrogen (secondary N) is 1. The van der Waals surface area contributed by atoms with Gasteiger partial charge in [0.1, 0.15) is 0 Å². The molecule has 9 heteroatoms. The summed E-state index contributed by atoms with van der Waals surface area (Å²) in [6.45, 7) is 6.42. The molecule has 0 bridgehead atoms. The van der Waals surface area contributed by atoms with E-state index in [1.807, 2.05) is 19.1 Å². The highest BCUT2D eigenvalue weighted by Gasteiger charge is 2.23. The topological polar surface area (TPSA) is 87.9 Å². The highest BCUT2D eigenvalue weighted by Crippen LogP contribution is 2.35. The summed E-state index contributed by atoms with van der Waals surface area (Å²) in [7, 11) is 0. The number of hydrogen-bond donors (Lipinski definition) is 2. The van der Waals surface area contributed by atoms with Gasteiger partial charge in [0.05, 0.1) is 13.2 Å². The van der Waals surface area contributed by atoms with Crippen molar-refractivity contribution in [1.29, 1.82) is 0 Å². The van der Waals surface area contributed by atoms with Gasteiger partial charge in [-0.05, 0) is 78.6 Å². The Bertz CT molecular complexity index is 1240. The van der Waals surface area contributed by atoms with Crippen molar-refractivity contribution in [2.24, 2.45) is 5.73 Å². The van der Waals surface area contributed by atoms with Crippen molar-refractivity contribution in [2.45, 2.75) is 13.3 Å². The van der Waals surface area contributed by atoms with Gasteiger partial charge in [-0.15, -0.1) is 0 Å². The molecule has 0 unspecified atom stereocenters. The van der Waals surface area contributed by atoms with Crippen molar-refractivity contribution in [3.8, 4) is 11.1 Å². The summed E-state index contributed by atoms with van der Waals surface area (Å²) in [6, 6.07) is 17.4. The second-order valence-corrected chi connectivity index (χ2v) is 9.77. The first kappa shape index (κ1) is 26.9. The monoisotopic (exact) mass is 540 g/mol. The molecule has 3 aromatic carbocycles. The molecule has 194 valence electrons. The summed E-state index contributed by atoms with van der Waals surface area (Å²) < 4.78 is 5.45. The molecule has 7 nitrogen and oxygen atoms in total. The highest BCUT2D eigenvalue weighted by molar-refractivity contribution is 6.31. The summed E-state index contributed by atoms with van der Waals surface area (Å²) >= 11 is 12.1. The molecule has 1 aliphatic rings. The smallest absolute Gasteiger partial charge is 0.326 e. The number of carbonyl (C=O) groups is 2. The number of morpholine rings is 1. The number of hydrogen-bond acceptors (Lipinski definition) is 4. The van der Waals surface area contributed by atoms with Gasteiger partial charge >= 0.3 is 6.03 Å². The summed E-state index contributed by atoms with van der Waals surface area (Å²) in [5, 5.41) is 4.15. The molecule has 1 fully saturated rings. The zero-order valence-electron chi connectivity index (χ0n) is 20.7. The molecule has 4 rings (SSSR count). The maximum atomic E-state index is 13.6. The third-order valence-corrected chi connectivity index (χ3v) is 6.93. The van der Waals surface area contributed by atoms with E-state index in [4.69, 9.17) is 33.7 Å². The summed E-state index contributed by atoms with van der Waals surface area (Å²) in [6.07, 6.45) is 0.765. The van der Waals surface area contributed by atoms with Crippen molar-refractivity contribution in [3.63, 3.8) is 0 Å². The first-order chi connectivity index (χ1) is 17.8. The van der Waals surface area contributed by atoms with Crippen LogP contribution in [-0.2, 0) is 4.74 Å². The molecule has 3 aromatic rings. The van der Waals surface area contributed by atoms with Crippen LogP contribution in [0, 0.1) is 6.92 Å². The van der Waals surface area contributed by atoms with Crippen LogP contribution in [0.15, 0.2) is 60.7 Å². The van der Waals surface area contributed by atoms with Crippen molar-refractivity contribution >= 4 is 46.5 Å². The lowest BCUT2D eigenvalue weighted by Crippen LogP contribution is -2.40. The molecule has 3 N–H and O–H groups in total. The molecular formula is C28H30Cl2N4O3. The number of ether oxygens (including phenoxy) is 1. The van der Waals surface area contributed by atoms with E-state index in [9.17, 15) is 9.59 Å². The minimum Gasteiger partial charge on any atom is -0.379 e. The Morgan fingerprint density at radius 3 is 2.22 bits per heavy atom. The maximum absolute atomic E-state index is 13.6. The lowest BCUT2D eigenvalue weighted by atomic mass is 9.93. The number of carbonyl (C=O) groups excluding carboxylic acids is 2. The Balaban J connectivity index is 1.68. The Morgan fingerprint density at radius 2 is 1.59 bits per heavy atom. The molecule has 1 heterocycles. The number of anilines is 2. The number of nitrogens with two attached hydrogens (primary N) is 1. The van der Waals surface area contributed by atoms with Crippen molar-refractivity contribution in [2.75, 3.05) is 49.6 Å².